The molecule has 3 aromatic carbocycles. The molecule has 0 amide bonds. The van der Waals surface area contributed by atoms with E-state index in [-0.39, 0.29) is 24.4 Å². The Morgan fingerprint density at radius 2 is 0.806 bits per heavy atom. The van der Waals surface area contributed by atoms with E-state index in [1.165, 1.54) is 11.1 Å². The summed E-state index contributed by atoms with van der Waals surface area (Å²) in [5.74, 6) is 1.26. The maximum absolute atomic E-state index is 12.8. The summed E-state index contributed by atoms with van der Waals surface area (Å²) < 4.78 is 11.2. The van der Waals surface area contributed by atoms with Crippen molar-refractivity contribution in [2.75, 3.05) is 14.2 Å². The van der Waals surface area contributed by atoms with Gasteiger partial charge in [-0.05, 0) is 28.7 Å². The second-order valence-corrected chi connectivity index (χ2v) is 8.04. The summed E-state index contributed by atoms with van der Waals surface area (Å²) in [7, 11) is 3.13. The van der Waals surface area contributed by atoms with E-state index < -0.39 is 0 Å². The highest BCUT2D eigenvalue weighted by molar-refractivity contribution is 5.86. The van der Waals surface area contributed by atoms with Crippen molar-refractivity contribution in [1.29, 1.82) is 0 Å². The Labute approximate surface area is 182 Å². The van der Waals surface area contributed by atoms with Crippen LogP contribution in [0.2, 0.25) is 0 Å². The van der Waals surface area contributed by atoms with Crippen molar-refractivity contribution in [3.63, 3.8) is 0 Å². The number of fused-ring (bicyclic) bond motifs is 1. The number of methoxy groups -OCH3 is 2. The van der Waals surface area contributed by atoms with Crippen molar-refractivity contribution >= 4 is 11.6 Å². The van der Waals surface area contributed by atoms with E-state index in [2.05, 4.69) is 24.3 Å². The van der Waals surface area contributed by atoms with Crippen LogP contribution in [0.5, 0.6) is 11.5 Å². The van der Waals surface area contributed by atoms with Crippen molar-refractivity contribution in [3.05, 3.63) is 94.0 Å². The molecule has 0 saturated carbocycles. The fourth-order valence-corrected chi connectivity index (χ4v) is 4.16. The number of Topliss-reactive ketones (excluding diaryl/α,β-unsaturated/α-hetero) is 2. The van der Waals surface area contributed by atoms with Gasteiger partial charge in [0.1, 0.15) is 11.6 Å². The molecule has 5 aliphatic carbocycles. The number of benzene rings is 3. The molecule has 0 N–H and O–H groups in total. The van der Waals surface area contributed by atoms with Gasteiger partial charge in [0, 0.05) is 36.8 Å². The Hall–Kier alpha value is -3.40. The van der Waals surface area contributed by atoms with Crippen LogP contribution in [-0.4, -0.2) is 25.8 Å². The lowest BCUT2D eigenvalue weighted by Gasteiger charge is -2.16. The van der Waals surface area contributed by atoms with Gasteiger partial charge in [-0.25, -0.2) is 0 Å². The molecule has 3 aromatic rings. The fraction of sp³-hybridized carbons (Fsp3) is 0.259. The van der Waals surface area contributed by atoms with Crippen molar-refractivity contribution in [3.8, 4) is 11.5 Å². The van der Waals surface area contributed by atoms with Crippen LogP contribution in [-0.2, 0) is 41.7 Å². The average molecular weight is 415 g/mol. The van der Waals surface area contributed by atoms with Gasteiger partial charge in [-0.3, -0.25) is 9.59 Å². The number of hydrogen-bond donors (Lipinski definition) is 0. The van der Waals surface area contributed by atoms with Crippen LogP contribution in [0.15, 0.2) is 60.7 Å². The first kappa shape index (κ1) is 20.9. The molecule has 0 unspecified atom stereocenters. The van der Waals surface area contributed by atoms with E-state index in [0.29, 0.717) is 24.3 Å². The van der Waals surface area contributed by atoms with Gasteiger partial charge in [-0.1, -0.05) is 60.7 Å². The third-order valence-corrected chi connectivity index (χ3v) is 5.72. The molecule has 0 aromatic heterocycles. The molecule has 158 valence electrons. The van der Waals surface area contributed by atoms with Crippen molar-refractivity contribution in [1.82, 2.24) is 0 Å². The van der Waals surface area contributed by atoms with Gasteiger partial charge in [0.05, 0.1) is 14.2 Å². The SMILES string of the molecule is COc1c2ccc(c1OC)CC(=O)Cc1ccc(cc1)Cc1ccc(cc1)CC(=O)C2. The highest BCUT2D eigenvalue weighted by Crippen LogP contribution is 2.36. The van der Waals surface area contributed by atoms with E-state index in [1.54, 1.807) is 14.2 Å². The molecule has 0 fully saturated rings. The smallest absolute Gasteiger partial charge is 0.164 e. The van der Waals surface area contributed by atoms with Gasteiger partial charge in [0.25, 0.3) is 0 Å². The first-order valence-electron chi connectivity index (χ1n) is 10.5. The molecule has 8 rings (SSSR count). The van der Waals surface area contributed by atoms with E-state index in [4.69, 9.17) is 9.47 Å². The maximum Gasteiger partial charge on any atom is 0.164 e. The number of hydrogen-bond acceptors (Lipinski definition) is 4. The van der Waals surface area contributed by atoms with Crippen LogP contribution in [0.1, 0.15) is 33.4 Å². The van der Waals surface area contributed by atoms with Crippen LogP contribution < -0.4 is 9.47 Å². The van der Waals surface area contributed by atoms with Crippen molar-refractivity contribution < 1.29 is 19.1 Å². The predicted octanol–water partition coefficient (Wildman–Crippen LogP) is 4.32. The highest BCUT2D eigenvalue weighted by Gasteiger charge is 2.19. The molecule has 0 radical (unpaired) electrons. The molecule has 5 aliphatic rings. The minimum Gasteiger partial charge on any atom is -0.493 e. The van der Waals surface area contributed by atoms with Crippen LogP contribution >= 0.6 is 0 Å². The average Bonchev–Trinajstić information content (AvgIpc) is 2.76. The zero-order valence-electron chi connectivity index (χ0n) is 17.9. The van der Waals surface area contributed by atoms with Crippen LogP contribution in [0.25, 0.3) is 0 Å². The Bertz CT molecular complexity index is 1010. The topological polar surface area (TPSA) is 52.6 Å². The number of ether oxygens (including phenoxy) is 2. The van der Waals surface area contributed by atoms with Crippen molar-refractivity contribution in [2.24, 2.45) is 0 Å². The van der Waals surface area contributed by atoms with Gasteiger partial charge in [0.2, 0.25) is 0 Å². The summed E-state index contributed by atoms with van der Waals surface area (Å²) >= 11 is 0. The molecule has 0 heterocycles. The summed E-state index contributed by atoms with van der Waals surface area (Å²) in [6.07, 6.45) is 2.04. The first-order valence-corrected chi connectivity index (χ1v) is 10.5. The van der Waals surface area contributed by atoms with Crippen LogP contribution in [0.4, 0.5) is 0 Å². The standard InChI is InChI=1S/C27H26O4/c1-30-26-22-11-12-23(27(26)31-2)17-25(29)15-21-9-5-19(6-10-21)13-18-3-7-20(8-4-18)14-24(28)16-22/h3-12H,13-17H2,1-2H3. The molecule has 0 saturated heterocycles. The van der Waals surface area contributed by atoms with E-state index in [9.17, 15) is 9.59 Å². The van der Waals surface area contributed by atoms with E-state index >= 15 is 0 Å². The number of carbonyl (C=O) groups is 2. The molecule has 0 aliphatic heterocycles. The second-order valence-electron chi connectivity index (χ2n) is 8.04. The molecule has 0 spiro atoms. The lowest BCUT2D eigenvalue weighted by molar-refractivity contribution is -0.118. The summed E-state index contributed by atoms with van der Waals surface area (Å²) in [6.45, 7) is 0. The second kappa shape index (κ2) is 9.17. The Balaban J connectivity index is 1.74. The number of rotatable bonds is 2. The van der Waals surface area contributed by atoms with E-state index in [0.717, 1.165) is 28.7 Å². The predicted molar refractivity (Wildman–Crippen MR) is 120 cm³/mol. The summed E-state index contributed by atoms with van der Waals surface area (Å²) in [4.78, 5) is 25.5. The highest BCUT2D eigenvalue weighted by atomic mass is 16.5. The molecular weight excluding hydrogens is 388 g/mol. The molecule has 0 atom stereocenters. The van der Waals surface area contributed by atoms with E-state index in [1.807, 2.05) is 36.4 Å². The third-order valence-electron chi connectivity index (χ3n) is 5.72. The van der Waals surface area contributed by atoms with Crippen LogP contribution in [0, 0.1) is 0 Å². The Morgan fingerprint density at radius 1 is 0.484 bits per heavy atom. The molecular formula is C27H26O4. The number of ketones is 2. The normalized spacial score (nSPS) is 14.3. The quantitative estimate of drug-likeness (QED) is 0.627. The number of carbonyl (C=O) groups excluding carboxylic acids is 2. The zero-order valence-corrected chi connectivity index (χ0v) is 17.9. The largest absolute Gasteiger partial charge is 0.493 e. The summed E-state index contributed by atoms with van der Waals surface area (Å²) in [6, 6.07) is 20.1. The monoisotopic (exact) mass is 414 g/mol. The van der Waals surface area contributed by atoms with Gasteiger partial charge in [0.15, 0.2) is 11.5 Å². The summed E-state index contributed by atoms with van der Waals surface area (Å²) in [5.41, 5.74) is 5.92. The van der Waals surface area contributed by atoms with Crippen molar-refractivity contribution in [2.45, 2.75) is 32.1 Å². The Kier molecular flexibility index (Phi) is 6.17. The van der Waals surface area contributed by atoms with Gasteiger partial charge in [-0.15, -0.1) is 0 Å². The summed E-state index contributed by atoms with van der Waals surface area (Å²) in [5, 5.41) is 0. The molecule has 4 heteroatoms. The van der Waals surface area contributed by atoms with Crippen LogP contribution in [0.3, 0.4) is 0 Å². The van der Waals surface area contributed by atoms with Gasteiger partial charge < -0.3 is 9.47 Å². The molecule has 6 bridgehead atoms. The fourth-order valence-electron chi connectivity index (χ4n) is 4.16. The third kappa shape index (κ3) is 4.85. The minimum atomic E-state index is 0.102. The first-order chi connectivity index (χ1) is 15.1. The molecule has 31 heavy (non-hydrogen) atoms. The molecule has 4 nitrogen and oxygen atoms in total. The minimum absolute atomic E-state index is 0.102. The Morgan fingerprint density at radius 3 is 1.13 bits per heavy atom. The zero-order chi connectivity index (χ0) is 21.8. The lowest BCUT2D eigenvalue weighted by Crippen LogP contribution is -2.11. The maximum atomic E-state index is 12.8. The lowest BCUT2D eigenvalue weighted by atomic mass is 9.97. The van der Waals surface area contributed by atoms with Gasteiger partial charge in [-0.2, -0.15) is 0 Å². The van der Waals surface area contributed by atoms with Gasteiger partial charge >= 0.3 is 0 Å².